The molecule has 0 unspecified atom stereocenters. The number of primary amides is 1. The minimum atomic E-state index is -0.421. The van der Waals surface area contributed by atoms with Crippen molar-refractivity contribution in [2.75, 3.05) is 7.11 Å². The molecule has 0 heterocycles. The van der Waals surface area contributed by atoms with Gasteiger partial charge in [0.1, 0.15) is 5.75 Å². The number of benzene rings is 2. The molecule has 0 bridgehead atoms. The summed E-state index contributed by atoms with van der Waals surface area (Å²) in [6.07, 6.45) is 0. The summed E-state index contributed by atoms with van der Waals surface area (Å²) < 4.78 is 10.7. The molecule has 1 amide bonds. The second kappa shape index (κ2) is 6.73. The van der Waals surface area contributed by atoms with Crippen LogP contribution in [0.15, 0.2) is 48.5 Å². The average molecular weight is 271 g/mol. The van der Waals surface area contributed by atoms with Crippen molar-refractivity contribution in [1.82, 2.24) is 0 Å². The highest BCUT2D eigenvalue weighted by molar-refractivity contribution is 5.92. The minimum absolute atomic E-state index is 0.421. The van der Waals surface area contributed by atoms with Gasteiger partial charge in [-0.1, -0.05) is 24.3 Å². The number of carbonyl (C=O) groups is 1. The van der Waals surface area contributed by atoms with Gasteiger partial charge in [-0.25, -0.2) is 0 Å². The molecule has 2 aromatic rings. The van der Waals surface area contributed by atoms with E-state index in [1.54, 1.807) is 19.2 Å². The van der Waals surface area contributed by atoms with E-state index in [2.05, 4.69) is 0 Å². The zero-order valence-electron chi connectivity index (χ0n) is 11.3. The molecule has 4 nitrogen and oxygen atoms in total. The lowest BCUT2D eigenvalue weighted by Gasteiger charge is -2.06. The van der Waals surface area contributed by atoms with Crippen molar-refractivity contribution in [2.24, 2.45) is 5.73 Å². The van der Waals surface area contributed by atoms with Crippen LogP contribution in [0, 0.1) is 0 Å². The van der Waals surface area contributed by atoms with E-state index in [1.165, 1.54) is 0 Å². The summed E-state index contributed by atoms with van der Waals surface area (Å²) in [5.74, 6) is 0.409. The second-order valence-electron chi connectivity index (χ2n) is 4.40. The molecular formula is C16H17NO3. The minimum Gasteiger partial charge on any atom is -0.497 e. The Morgan fingerprint density at radius 2 is 1.45 bits per heavy atom. The lowest BCUT2D eigenvalue weighted by atomic mass is 10.1. The number of rotatable bonds is 6. The summed E-state index contributed by atoms with van der Waals surface area (Å²) in [5.41, 5.74) is 7.77. The number of methoxy groups -OCH3 is 1. The van der Waals surface area contributed by atoms with Crippen molar-refractivity contribution in [2.45, 2.75) is 13.2 Å². The number of hydrogen-bond donors (Lipinski definition) is 1. The van der Waals surface area contributed by atoms with Gasteiger partial charge in [-0.3, -0.25) is 4.79 Å². The van der Waals surface area contributed by atoms with E-state index in [-0.39, 0.29) is 0 Å². The van der Waals surface area contributed by atoms with Crippen LogP contribution in [0.5, 0.6) is 5.75 Å². The predicted octanol–water partition coefficient (Wildman–Crippen LogP) is 2.51. The summed E-state index contributed by atoms with van der Waals surface area (Å²) in [6.45, 7) is 1.02. The quantitative estimate of drug-likeness (QED) is 0.878. The topological polar surface area (TPSA) is 61.6 Å². The van der Waals surface area contributed by atoms with Crippen LogP contribution < -0.4 is 10.5 Å². The molecule has 2 aromatic carbocycles. The van der Waals surface area contributed by atoms with Crippen molar-refractivity contribution in [3.63, 3.8) is 0 Å². The third kappa shape index (κ3) is 3.83. The van der Waals surface area contributed by atoms with Crippen molar-refractivity contribution < 1.29 is 14.3 Å². The molecule has 0 aliphatic rings. The first-order valence-electron chi connectivity index (χ1n) is 6.28. The molecule has 104 valence electrons. The molecule has 2 rings (SSSR count). The molecule has 0 radical (unpaired) electrons. The summed E-state index contributed by atoms with van der Waals surface area (Å²) in [7, 11) is 1.64. The fourth-order valence-electron chi connectivity index (χ4n) is 1.77. The normalized spacial score (nSPS) is 10.2. The van der Waals surface area contributed by atoms with E-state index >= 15 is 0 Å². The Balaban J connectivity index is 1.84. The Kier molecular flexibility index (Phi) is 4.74. The molecule has 0 atom stereocenters. The molecule has 0 aliphatic heterocycles. The van der Waals surface area contributed by atoms with Gasteiger partial charge in [-0.05, 0) is 35.4 Å². The van der Waals surface area contributed by atoms with Gasteiger partial charge >= 0.3 is 0 Å². The number of nitrogens with two attached hydrogens (primary N) is 1. The predicted molar refractivity (Wildman–Crippen MR) is 76.4 cm³/mol. The highest BCUT2D eigenvalue weighted by Crippen LogP contribution is 2.13. The third-order valence-electron chi connectivity index (χ3n) is 2.93. The maximum atomic E-state index is 10.9. The van der Waals surface area contributed by atoms with Crippen molar-refractivity contribution in [3.8, 4) is 5.75 Å². The first-order chi connectivity index (χ1) is 9.69. The molecule has 0 saturated heterocycles. The monoisotopic (exact) mass is 271 g/mol. The summed E-state index contributed by atoms with van der Waals surface area (Å²) in [5, 5.41) is 0. The number of hydrogen-bond acceptors (Lipinski definition) is 3. The van der Waals surface area contributed by atoms with Gasteiger partial charge < -0.3 is 15.2 Å². The molecule has 0 saturated carbocycles. The van der Waals surface area contributed by atoms with Crippen molar-refractivity contribution >= 4 is 5.91 Å². The Hall–Kier alpha value is -2.33. The van der Waals surface area contributed by atoms with Gasteiger partial charge in [0, 0.05) is 5.56 Å². The third-order valence-corrected chi connectivity index (χ3v) is 2.93. The number of amides is 1. The van der Waals surface area contributed by atoms with Crippen LogP contribution in [0.2, 0.25) is 0 Å². The Labute approximate surface area is 118 Å². The van der Waals surface area contributed by atoms with Crippen LogP contribution in [-0.4, -0.2) is 13.0 Å². The highest BCUT2D eigenvalue weighted by atomic mass is 16.5. The van der Waals surface area contributed by atoms with Crippen LogP contribution in [0.1, 0.15) is 21.5 Å². The molecule has 4 heteroatoms. The van der Waals surface area contributed by atoms with Crippen molar-refractivity contribution in [1.29, 1.82) is 0 Å². The summed E-state index contributed by atoms with van der Waals surface area (Å²) in [4.78, 5) is 10.9. The molecule has 20 heavy (non-hydrogen) atoms. The number of ether oxygens (including phenoxy) is 2. The first-order valence-corrected chi connectivity index (χ1v) is 6.28. The van der Waals surface area contributed by atoms with Crippen molar-refractivity contribution in [3.05, 3.63) is 65.2 Å². The fraction of sp³-hybridized carbons (Fsp3) is 0.188. The highest BCUT2D eigenvalue weighted by Gasteiger charge is 2.00. The van der Waals surface area contributed by atoms with Crippen LogP contribution in [0.4, 0.5) is 0 Å². The van der Waals surface area contributed by atoms with Crippen LogP contribution in [0.25, 0.3) is 0 Å². The molecule has 0 spiro atoms. The SMILES string of the molecule is COc1ccc(COCc2ccc(C(N)=O)cc2)cc1. The van der Waals surface area contributed by atoms with Crippen LogP contribution >= 0.6 is 0 Å². The fourth-order valence-corrected chi connectivity index (χ4v) is 1.77. The largest absolute Gasteiger partial charge is 0.497 e. The second-order valence-corrected chi connectivity index (χ2v) is 4.40. The number of carbonyl (C=O) groups excluding carboxylic acids is 1. The molecule has 0 aliphatic carbocycles. The van der Waals surface area contributed by atoms with E-state index in [9.17, 15) is 4.79 Å². The molecule has 0 fully saturated rings. The maximum Gasteiger partial charge on any atom is 0.248 e. The molecular weight excluding hydrogens is 254 g/mol. The van der Waals surface area contributed by atoms with E-state index < -0.39 is 5.91 Å². The van der Waals surface area contributed by atoms with Crippen LogP contribution in [-0.2, 0) is 18.0 Å². The zero-order chi connectivity index (χ0) is 14.4. The summed E-state index contributed by atoms with van der Waals surface area (Å²) in [6, 6.07) is 14.8. The van der Waals surface area contributed by atoms with Gasteiger partial charge in [0.05, 0.1) is 20.3 Å². The lowest BCUT2D eigenvalue weighted by molar-refractivity contribution is 0.0999. The van der Waals surface area contributed by atoms with E-state index in [0.717, 1.165) is 16.9 Å². The van der Waals surface area contributed by atoms with Gasteiger partial charge in [-0.15, -0.1) is 0 Å². The van der Waals surface area contributed by atoms with E-state index in [4.69, 9.17) is 15.2 Å². The first kappa shape index (κ1) is 14.1. The molecule has 0 aromatic heterocycles. The Morgan fingerprint density at radius 1 is 0.950 bits per heavy atom. The smallest absolute Gasteiger partial charge is 0.248 e. The van der Waals surface area contributed by atoms with E-state index in [0.29, 0.717) is 18.8 Å². The zero-order valence-corrected chi connectivity index (χ0v) is 11.3. The van der Waals surface area contributed by atoms with Gasteiger partial charge in [0.15, 0.2) is 0 Å². The van der Waals surface area contributed by atoms with Crippen LogP contribution in [0.3, 0.4) is 0 Å². The molecule has 2 N–H and O–H groups in total. The standard InChI is InChI=1S/C16H17NO3/c1-19-15-8-4-13(5-9-15)11-20-10-12-2-6-14(7-3-12)16(17)18/h2-9H,10-11H2,1H3,(H2,17,18). The Bertz CT molecular complexity index is 561. The summed E-state index contributed by atoms with van der Waals surface area (Å²) >= 11 is 0. The Morgan fingerprint density at radius 3 is 1.90 bits per heavy atom. The lowest BCUT2D eigenvalue weighted by Crippen LogP contribution is -2.10. The van der Waals surface area contributed by atoms with E-state index in [1.807, 2.05) is 36.4 Å². The van der Waals surface area contributed by atoms with Gasteiger partial charge in [-0.2, -0.15) is 0 Å². The maximum absolute atomic E-state index is 10.9. The van der Waals surface area contributed by atoms with Gasteiger partial charge in [0.25, 0.3) is 0 Å². The average Bonchev–Trinajstić information content (AvgIpc) is 2.48. The van der Waals surface area contributed by atoms with Gasteiger partial charge in [0.2, 0.25) is 5.91 Å².